The third kappa shape index (κ3) is 4.20. The molecule has 3 aromatic heterocycles. The minimum Gasteiger partial charge on any atom is -0.375 e. The third-order valence-corrected chi connectivity index (χ3v) is 5.10. The first-order valence-electron chi connectivity index (χ1n) is 9.75. The Kier molecular flexibility index (Phi) is 5.92. The second-order valence-electron chi connectivity index (χ2n) is 7.06. The molecule has 0 amide bonds. The van der Waals surface area contributed by atoms with Crippen LogP contribution in [0.15, 0.2) is 47.4 Å². The number of methoxy groups -OCH3 is 1. The van der Waals surface area contributed by atoms with Crippen LogP contribution < -0.4 is 4.90 Å². The lowest BCUT2D eigenvalue weighted by Gasteiger charge is -2.30. The number of ether oxygens (including phenoxy) is 1. The van der Waals surface area contributed by atoms with E-state index >= 15 is 0 Å². The fraction of sp³-hybridized carbons (Fsp3) is 0.429. The summed E-state index contributed by atoms with van der Waals surface area (Å²) in [5.41, 5.74) is 2.25. The van der Waals surface area contributed by atoms with Crippen LogP contribution in [0.3, 0.4) is 0 Å². The Labute approximate surface area is 164 Å². The molecule has 1 aliphatic rings. The molecular weight excluding hydrogens is 354 g/mol. The first-order chi connectivity index (χ1) is 13.8. The number of rotatable bonds is 7. The molecule has 3 aromatic rings. The highest BCUT2D eigenvalue weighted by Crippen LogP contribution is 2.30. The molecular formula is C21H25N5O2. The van der Waals surface area contributed by atoms with Crippen molar-refractivity contribution in [3.8, 4) is 0 Å². The molecule has 1 atom stereocenters. The zero-order chi connectivity index (χ0) is 19.2. The normalized spacial score (nSPS) is 15.5. The van der Waals surface area contributed by atoms with Gasteiger partial charge in [-0.05, 0) is 48.9 Å². The molecule has 7 heteroatoms. The molecule has 0 N–H and O–H groups in total. The maximum atomic E-state index is 5.36. The van der Waals surface area contributed by atoms with E-state index in [0.29, 0.717) is 18.3 Å². The van der Waals surface area contributed by atoms with Gasteiger partial charge in [-0.1, -0.05) is 17.3 Å². The molecule has 0 saturated carbocycles. The predicted octanol–water partition coefficient (Wildman–Crippen LogP) is 3.37. The van der Waals surface area contributed by atoms with Gasteiger partial charge < -0.3 is 14.2 Å². The maximum Gasteiger partial charge on any atom is 0.252 e. The van der Waals surface area contributed by atoms with Gasteiger partial charge >= 0.3 is 0 Å². The number of anilines is 1. The predicted molar refractivity (Wildman–Crippen MR) is 105 cm³/mol. The molecule has 0 spiro atoms. The summed E-state index contributed by atoms with van der Waals surface area (Å²) in [7, 11) is 1.61. The quantitative estimate of drug-likeness (QED) is 0.623. The van der Waals surface area contributed by atoms with Gasteiger partial charge in [0.25, 0.3) is 5.89 Å². The van der Waals surface area contributed by atoms with E-state index in [2.05, 4.69) is 32.2 Å². The average Bonchev–Trinajstić information content (AvgIpc) is 3.22. The Hall–Kier alpha value is -2.80. The van der Waals surface area contributed by atoms with Gasteiger partial charge in [0.1, 0.15) is 12.4 Å². The number of hydrogen-bond donors (Lipinski definition) is 0. The van der Waals surface area contributed by atoms with Gasteiger partial charge in [-0.2, -0.15) is 4.98 Å². The summed E-state index contributed by atoms with van der Waals surface area (Å²) < 4.78 is 10.5. The monoisotopic (exact) mass is 379 g/mol. The van der Waals surface area contributed by atoms with Crippen molar-refractivity contribution in [3.63, 3.8) is 0 Å². The van der Waals surface area contributed by atoms with Crippen LogP contribution in [0, 0.1) is 0 Å². The van der Waals surface area contributed by atoms with E-state index < -0.39 is 0 Å². The molecule has 1 saturated heterocycles. The Balaban J connectivity index is 1.66. The van der Waals surface area contributed by atoms with E-state index in [1.54, 1.807) is 13.3 Å². The number of nitrogens with zero attached hydrogens (tertiary/aromatic N) is 5. The Bertz CT molecular complexity index is 877. The molecule has 1 unspecified atom stereocenters. The molecule has 1 fully saturated rings. The lowest BCUT2D eigenvalue weighted by Crippen LogP contribution is -2.31. The van der Waals surface area contributed by atoms with Gasteiger partial charge in [0.2, 0.25) is 0 Å². The topological polar surface area (TPSA) is 77.2 Å². The first kappa shape index (κ1) is 18.6. The molecule has 0 radical (unpaired) electrons. The minimum absolute atomic E-state index is 0.0594. The highest BCUT2D eigenvalue weighted by Gasteiger charge is 2.24. The summed E-state index contributed by atoms with van der Waals surface area (Å²) in [5, 5.41) is 4.22. The molecule has 4 rings (SSSR count). The zero-order valence-electron chi connectivity index (χ0n) is 16.1. The lowest BCUT2D eigenvalue weighted by molar-refractivity contribution is 0.151. The fourth-order valence-corrected chi connectivity index (χ4v) is 3.73. The van der Waals surface area contributed by atoms with Crippen LogP contribution >= 0.6 is 0 Å². The van der Waals surface area contributed by atoms with Crippen LogP contribution in [-0.2, 0) is 17.8 Å². The molecule has 146 valence electrons. The highest BCUT2D eigenvalue weighted by atomic mass is 16.5. The van der Waals surface area contributed by atoms with E-state index in [0.717, 1.165) is 30.9 Å². The Morgan fingerprint density at radius 3 is 2.79 bits per heavy atom. The van der Waals surface area contributed by atoms with Gasteiger partial charge in [0.15, 0.2) is 5.82 Å². The van der Waals surface area contributed by atoms with Crippen LogP contribution in [-0.4, -0.2) is 40.3 Å². The van der Waals surface area contributed by atoms with E-state index in [1.807, 2.05) is 24.5 Å². The Morgan fingerprint density at radius 1 is 1.14 bits per heavy atom. The highest BCUT2D eigenvalue weighted by molar-refractivity contribution is 5.48. The first-order valence-corrected chi connectivity index (χ1v) is 9.75. The molecule has 7 nitrogen and oxygen atoms in total. The van der Waals surface area contributed by atoms with Crippen molar-refractivity contribution in [1.82, 2.24) is 20.1 Å². The van der Waals surface area contributed by atoms with E-state index in [9.17, 15) is 0 Å². The summed E-state index contributed by atoms with van der Waals surface area (Å²) >= 11 is 0. The van der Waals surface area contributed by atoms with Crippen LogP contribution in [0.1, 0.15) is 48.0 Å². The standard InChI is InChI=1S/C21H25N5O2/c1-27-15-19-24-20(25-28-19)18(17-8-5-9-22-14-17)13-16-7-6-10-23-21(16)26-11-3-2-4-12-26/h5-10,14,18H,2-4,11-13,15H2,1H3. The third-order valence-electron chi connectivity index (χ3n) is 5.10. The van der Waals surface area contributed by atoms with Crippen molar-refractivity contribution in [2.75, 3.05) is 25.1 Å². The van der Waals surface area contributed by atoms with E-state index in [1.165, 1.54) is 24.8 Å². The second kappa shape index (κ2) is 8.93. The van der Waals surface area contributed by atoms with Gasteiger partial charge in [-0.15, -0.1) is 0 Å². The summed E-state index contributed by atoms with van der Waals surface area (Å²) in [4.78, 5) is 15.9. The zero-order valence-corrected chi connectivity index (χ0v) is 16.1. The van der Waals surface area contributed by atoms with Gasteiger partial charge in [-0.25, -0.2) is 4.98 Å². The lowest BCUT2D eigenvalue weighted by atomic mass is 9.92. The molecule has 0 aliphatic carbocycles. The van der Waals surface area contributed by atoms with Crippen molar-refractivity contribution < 1.29 is 9.26 Å². The summed E-state index contributed by atoms with van der Waals surface area (Å²) in [6.07, 6.45) is 9.97. The van der Waals surface area contributed by atoms with E-state index in [4.69, 9.17) is 14.2 Å². The average molecular weight is 379 g/mol. The van der Waals surface area contributed by atoms with Crippen molar-refractivity contribution in [1.29, 1.82) is 0 Å². The molecule has 0 bridgehead atoms. The largest absolute Gasteiger partial charge is 0.375 e. The number of piperidine rings is 1. The molecule has 0 aromatic carbocycles. The van der Waals surface area contributed by atoms with Crippen molar-refractivity contribution >= 4 is 5.82 Å². The second-order valence-corrected chi connectivity index (χ2v) is 7.06. The van der Waals surface area contributed by atoms with Gasteiger partial charge in [0, 0.05) is 38.8 Å². The van der Waals surface area contributed by atoms with Crippen molar-refractivity contribution in [2.24, 2.45) is 0 Å². The number of aromatic nitrogens is 4. The van der Waals surface area contributed by atoms with Gasteiger partial charge in [-0.3, -0.25) is 4.98 Å². The summed E-state index contributed by atoms with van der Waals surface area (Å²) in [6, 6.07) is 8.14. The maximum absolute atomic E-state index is 5.36. The van der Waals surface area contributed by atoms with Crippen LogP contribution in [0.5, 0.6) is 0 Å². The van der Waals surface area contributed by atoms with Crippen molar-refractivity contribution in [3.05, 3.63) is 65.7 Å². The van der Waals surface area contributed by atoms with Crippen LogP contribution in [0.4, 0.5) is 5.82 Å². The SMILES string of the molecule is COCc1nc(C(Cc2cccnc2N2CCCCC2)c2cccnc2)no1. The van der Waals surface area contributed by atoms with Gasteiger partial charge in [0.05, 0.1) is 5.92 Å². The molecule has 4 heterocycles. The summed E-state index contributed by atoms with van der Waals surface area (Å²) in [6.45, 7) is 2.42. The molecule has 28 heavy (non-hydrogen) atoms. The fourth-order valence-electron chi connectivity index (χ4n) is 3.73. The molecule has 1 aliphatic heterocycles. The van der Waals surface area contributed by atoms with Crippen LogP contribution in [0.2, 0.25) is 0 Å². The smallest absolute Gasteiger partial charge is 0.252 e. The van der Waals surface area contributed by atoms with E-state index in [-0.39, 0.29) is 5.92 Å². The van der Waals surface area contributed by atoms with Crippen molar-refractivity contribution in [2.45, 2.75) is 38.2 Å². The minimum atomic E-state index is -0.0594. The summed E-state index contributed by atoms with van der Waals surface area (Å²) in [5.74, 6) is 2.13. The van der Waals surface area contributed by atoms with Crippen LogP contribution in [0.25, 0.3) is 0 Å². The Morgan fingerprint density at radius 2 is 2.00 bits per heavy atom. The number of pyridine rings is 2. The number of hydrogen-bond acceptors (Lipinski definition) is 7.